The Labute approximate surface area is 172 Å². The third kappa shape index (κ3) is 4.22. The first-order valence-corrected chi connectivity index (χ1v) is 10.5. The van der Waals surface area contributed by atoms with E-state index in [4.69, 9.17) is 4.74 Å². The maximum atomic E-state index is 12.8. The van der Waals surface area contributed by atoms with Gasteiger partial charge in [0.15, 0.2) is 5.69 Å². The number of benzene rings is 1. The lowest BCUT2D eigenvalue weighted by Gasteiger charge is -2.06. The molecule has 7 nitrogen and oxygen atoms in total. The number of amides is 1. The van der Waals surface area contributed by atoms with Crippen LogP contribution in [0.1, 0.15) is 56.1 Å². The van der Waals surface area contributed by atoms with E-state index in [9.17, 15) is 9.59 Å². The molecular weight excluding hydrogens is 388 g/mol. The van der Waals surface area contributed by atoms with E-state index in [2.05, 4.69) is 15.6 Å². The predicted octanol–water partition coefficient (Wildman–Crippen LogP) is 3.70. The van der Waals surface area contributed by atoms with Gasteiger partial charge in [-0.2, -0.15) is 0 Å². The molecule has 1 amide bonds. The zero-order chi connectivity index (χ0) is 20.2. The Balaban J connectivity index is 1.55. The van der Waals surface area contributed by atoms with E-state index in [1.807, 2.05) is 30.3 Å². The van der Waals surface area contributed by atoms with Crippen LogP contribution in [0.25, 0.3) is 0 Å². The minimum atomic E-state index is -0.410. The minimum absolute atomic E-state index is 0.209. The predicted molar refractivity (Wildman–Crippen MR) is 110 cm³/mol. The average Bonchev–Trinajstić information content (AvgIpc) is 3.26. The second kappa shape index (κ2) is 8.57. The fourth-order valence-corrected chi connectivity index (χ4v) is 4.84. The molecule has 29 heavy (non-hydrogen) atoms. The molecule has 0 bridgehead atoms. The van der Waals surface area contributed by atoms with Crippen LogP contribution in [0.4, 0.5) is 5.00 Å². The standard InChI is InChI=1S/C21H22N4O3S/c1-28-21(27)18-15-10-6-3-7-11-17(15)29-20(18)22-19(26)16-13-25(24-23-16)12-14-8-4-2-5-9-14/h2,4-5,8-9,13H,3,6-7,10-12H2,1H3,(H,22,26). The molecule has 150 valence electrons. The number of nitrogens with zero attached hydrogens (tertiary/aromatic N) is 3. The average molecular weight is 410 g/mol. The number of esters is 1. The highest BCUT2D eigenvalue weighted by molar-refractivity contribution is 7.17. The summed E-state index contributed by atoms with van der Waals surface area (Å²) < 4.78 is 6.60. The van der Waals surface area contributed by atoms with Crippen molar-refractivity contribution < 1.29 is 14.3 Å². The number of rotatable bonds is 5. The Kier molecular flexibility index (Phi) is 5.71. The summed E-state index contributed by atoms with van der Waals surface area (Å²) in [5.74, 6) is -0.793. The number of anilines is 1. The maximum absolute atomic E-state index is 12.8. The van der Waals surface area contributed by atoms with Crippen molar-refractivity contribution >= 4 is 28.2 Å². The van der Waals surface area contributed by atoms with Crippen LogP contribution >= 0.6 is 11.3 Å². The molecule has 0 saturated carbocycles. The van der Waals surface area contributed by atoms with Crippen LogP contribution in [-0.2, 0) is 24.1 Å². The van der Waals surface area contributed by atoms with Gasteiger partial charge in [-0.15, -0.1) is 16.4 Å². The van der Waals surface area contributed by atoms with Gasteiger partial charge >= 0.3 is 5.97 Å². The number of aromatic nitrogens is 3. The monoisotopic (exact) mass is 410 g/mol. The number of methoxy groups -OCH3 is 1. The van der Waals surface area contributed by atoms with Crippen molar-refractivity contribution in [3.63, 3.8) is 0 Å². The molecule has 2 aromatic heterocycles. The number of aryl methyl sites for hydroxylation is 1. The first kappa shape index (κ1) is 19.3. The first-order valence-electron chi connectivity index (χ1n) is 9.64. The van der Waals surface area contributed by atoms with Gasteiger partial charge in [-0.25, -0.2) is 9.48 Å². The quantitative estimate of drug-likeness (QED) is 0.512. The first-order chi connectivity index (χ1) is 14.2. The van der Waals surface area contributed by atoms with Gasteiger partial charge in [0.2, 0.25) is 0 Å². The number of hydrogen-bond acceptors (Lipinski definition) is 6. The zero-order valence-electron chi connectivity index (χ0n) is 16.2. The summed E-state index contributed by atoms with van der Waals surface area (Å²) in [6, 6.07) is 9.83. The van der Waals surface area contributed by atoms with Gasteiger partial charge in [-0.1, -0.05) is 42.0 Å². The Morgan fingerprint density at radius 3 is 2.76 bits per heavy atom. The van der Waals surface area contributed by atoms with Gasteiger partial charge in [-0.3, -0.25) is 4.79 Å². The van der Waals surface area contributed by atoms with E-state index in [-0.39, 0.29) is 11.6 Å². The molecule has 0 saturated heterocycles. The highest BCUT2D eigenvalue weighted by atomic mass is 32.1. The smallest absolute Gasteiger partial charge is 0.341 e. The lowest BCUT2D eigenvalue weighted by atomic mass is 10.1. The van der Waals surface area contributed by atoms with Crippen LogP contribution in [0, 0.1) is 0 Å². The summed E-state index contributed by atoms with van der Waals surface area (Å²) in [6.45, 7) is 0.530. The van der Waals surface area contributed by atoms with Crippen molar-refractivity contribution in [3.8, 4) is 0 Å². The van der Waals surface area contributed by atoms with Crippen molar-refractivity contribution in [2.45, 2.75) is 38.6 Å². The van der Waals surface area contributed by atoms with Crippen molar-refractivity contribution in [1.29, 1.82) is 0 Å². The van der Waals surface area contributed by atoms with Crippen LogP contribution in [0.3, 0.4) is 0 Å². The Morgan fingerprint density at radius 2 is 1.97 bits per heavy atom. The number of thiophene rings is 1. The summed E-state index contributed by atoms with van der Waals surface area (Å²) in [4.78, 5) is 26.3. The second-order valence-electron chi connectivity index (χ2n) is 7.00. The molecule has 0 radical (unpaired) electrons. The van der Waals surface area contributed by atoms with Crippen molar-refractivity contribution in [3.05, 3.63) is 63.8 Å². The van der Waals surface area contributed by atoms with Gasteiger partial charge in [0.1, 0.15) is 5.00 Å². The molecule has 1 N–H and O–H groups in total. The van der Waals surface area contributed by atoms with E-state index < -0.39 is 5.97 Å². The second-order valence-corrected chi connectivity index (χ2v) is 8.11. The summed E-state index contributed by atoms with van der Waals surface area (Å²) in [7, 11) is 1.36. The van der Waals surface area contributed by atoms with E-state index >= 15 is 0 Å². The van der Waals surface area contributed by atoms with Gasteiger partial charge in [-0.05, 0) is 36.8 Å². The number of nitrogens with one attached hydrogen (secondary N) is 1. The molecule has 1 aliphatic rings. The summed E-state index contributed by atoms with van der Waals surface area (Å²) in [6.07, 6.45) is 6.64. The van der Waals surface area contributed by atoms with Crippen molar-refractivity contribution in [2.75, 3.05) is 12.4 Å². The third-order valence-electron chi connectivity index (χ3n) is 5.00. The maximum Gasteiger partial charge on any atom is 0.341 e. The minimum Gasteiger partial charge on any atom is -0.465 e. The van der Waals surface area contributed by atoms with Crippen LogP contribution in [0.2, 0.25) is 0 Å². The van der Waals surface area contributed by atoms with Gasteiger partial charge in [0.05, 0.1) is 25.4 Å². The fourth-order valence-electron chi connectivity index (χ4n) is 3.57. The lowest BCUT2D eigenvalue weighted by molar-refractivity contribution is 0.0601. The molecule has 0 fully saturated rings. The summed E-state index contributed by atoms with van der Waals surface area (Å²) in [5, 5.41) is 11.4. The lowest BCUT2D eigenvalue weighted by Crippen LogP contribution is -2.15. The van der Waals surface area contributed by atoms with E-state index in [0.29, 0.717) is 17.1 Å². The van der Waals surface area contributed by atoms with E-state index in [1.165, 1.54) is 18.4 Å². The van der Waals surface area contributed by atoms with Crippen LogP contribution in [-0.4, -0.2) is 34.0 Å². The molecule has 4 rings (SSSR count). The number of ether oxygens (including phenoxy) is 1. The summed E-state index contributed by atoms with van der Waals surface area (Å²) >= 11 is 1.46. The van der Waals surface area contributed by atoms with E-state index in [0.717, 1.165) is 48.1 Å². The molecule has 1 aromatic carbocycles. The fraction of sp³-hybridized carbons (Fsp3) is 0.333. The summed E-state index contributed by atoms with van der Waals surface area (Å²) in [5.41, 5.74) is 2.78. The molecule has 8 heteroatoms. The van der Waals surface area contributed by atoms with Crippen LogP contribution in [0.5, 0.6) is 0 Å². The molecule has 2 heterocycles. The molecular formula is C21H22N4O3S. The highest BCUT2D eigenvalue weighted by Crippen LogP contribution is 2.38. The van der Waals surface area contributed by atoms with Gasteiger partial charge in [0.25, 0.3) is 5.91 Å². The Bertz CT molecular complexity index is 1030. The van der Waals surface area contributed by atoms with Crippen molar-refractivity contribution in [2.24, 2.45) is 0 Å². The SMILES string of the molecule is COC(=O)c1c(NC(=O)c2cn(Cc3ccccc3)nn2)sc2c1CCCCC2. The van der Waals surface area contributed by atoms with E-state index in [1.54, 1.807) is 10.9 Å². The number of fused-ring (bicyclic) bond motifs is 1. The molecule has 0 spiro atoms. The van der Waals surface area contributed by atoms with Gasteiger partial charge in [0, 0.05) is 4.88 Å². The molecule has 0 aliphatic heterocycles. The highest BCUT2D eigenvalue weighted by Gasteiger charge is 2.27. The number of carbonyl (C=O) groups excluding carboxylic acids is 2. The molecule has 1 aliphatic carbocycles. The Morgan fingerprint density at radius 1 is 1.17 bits per heavy atom. The molecule has 3 aromatic rings. The van der Waals surface area contributed by atoms with Crippen LogP contribution in [0.15, 0.2) is 36.5 Å². The molecule has 0 unspecified atom stereocenters. The topological polar surface area (TPSA) is 86.1 Å². The number of hydrogen-bond donors (Lipinski definition) is 1. The van der Waals surface area contributed by atoms with Gasteiger partial charge < -0.3 is 10.1 Å². The Hall–Kier alpha value is -3.00. The van der Waals surface area contributed by atoms with Crippen LogP contribution < -0.4 is 5.32 Å². The van der Waals surface area contributed by atoms with Crippen molar-refractivity contribution in [1.82, 2.24) is 15.0 Å². The largest absolute Gasteiger partial charge is 0.465 e. The normalized spacial score (nSPS) is 13.4. The molecule has 0 atom stereocenters. The zero-order valence-corrected chi connectivity index (χ0v) is 17.0. The number of carbonyl (C=O) groups is 2. The third-order valence-corrected chi connectivity index (χ3v) is 6.20.